The molecular formula is C73H142O17P2. The van der Waals surface area contributed by atoms with E-state index in [4.69, 9.17) is 37.0 Å². The number of hydrogen-bond acceptors (Lipinski definition) is 15. The number of aliphatic hydroxyl groups excluding tert-OH is 1. The van der Waals surface area contributed by atoms with Crippen LogP contribution in [0.1, 0.15) is 370 Å². The molecule has 17 nitrogen and oxygen atoms in total. The Bertz CT molecular complexity index is 1800. The molecule has 0 radical (unpaired) electrons. The predicted octanol–water partition coefficient (Wildman–Crippen LogP) is 21.0. The van der Waals surface area contributed by atoms with Gasteiger partial charge in [-0.25, -0.2) is 9.13 Å². The Hall–Kier alpha value is -1.94. The summed E-state index contributed by atoms with van der Waals surface area (Å²) in [4.78, 5) is 72.7. The molecule has 546 valence electrons. The molecule has 0 aromatic heterocycles. The molecule has 3 unspecified atom stereocenters. The summed E-state index contributed by atoms with van der Waals surface area (Å²) in [7, 11) is -9.91. The number of rotatable bonds is 71. The van der Waals surface area contributed by atoms with Crippen molar-refractivity contribution in [1.82, 2.24) is 0 Å². The molecule has 0 amide bonds. The van der Waals surface area contributed by atoms with E-state index in [-0.39, 0.29) is 25.7 Å². The Morgan fingerprint density at radius 3 is 0.826 bits per heavy atom. The maximum atomic E-state index is 13.1. The monoisotopic (exact) mass is 1350 g/mol. The molecule has 0 heterocycles. The molecule has 0 aromatic rings. The van der Waals surface area contributed by atoms with E-state index >= 15 is 0 Å². The van der Waals surface area contributed by atoms with Gasteiger partial charge in [0.25, 0.3) is 0 Å². The van der Waals surface area contributed by atoms with E-state index in [9.17, 15) is 43.2 Å². The van der Waals surface area contributed by atoms with Crippen molar-refractivity contribution in [3.8, 4) is 0 Å². The fraction of sp³-hybridized carbons (Fsp3) is 0.945. The molecule has 0 saturated heterocycles. The second-order valence-corrected chi connectivity index (χ2v) is 30.4. The maximum absolute atomic E-state index is 13.1. The van der Waals surface area contributed by atoms with E-state index in [1.807, 2.05) is 0 Å². The predicted molar refractivity (Wildman–Crippen MR) is 372 cm³/mol. The first-order valence-corrected chi connectivity index (χ1v) is 40.9. The van der Waals surface area contributed by atoms with Gasteiger partial charge in [-0.05, 0) is 43.4 Å². The van der Waals surface area contributed by atoms with Crippen LogP contribution in [0.2, 0.25) is 0 Å². The Kier molecular flexibility index (Phi) is 62.4. The third-order valence-corrected chi connectivity index (χ3v) is 19.1. The summed E-state index contributed by atoms with van der Waals surface area (Å²) in [5, 5.41) is 10.6. The van der Waals surface area contributed by atoms with Crippen molar-refractivity contribution in [2.45, 2.75) is 388 Å². The van der Waals surface area contributed by atoms with E-state index in [2.05, 4.69) is 48.5 Å². The van der Waals surface area contributed by atoms with Crippen molar-refractivity contribution in [3.05, 3.63) is 0 Å². The number of phosphoric acid groups is 2. The summed E-state index contributed by atoms with van der Waals surface area (Å²) in [5.41, 5.74) is 0. The van der Waals surface area contributed by atoms with Crippen LogP contribution in [-0.4, -0.2) is 96.7 Å². The fourth-order valence-corrected chi connectivity index (χ4v) is 12.6. The topological polar surface area (TPSA) is 237 Å². The molecular weight excluding hydrogens is 1210 g/mol. The highest BCUT2D eigenvalue weighted by molar-refractivity contribution is 7.47. The van der Waals surface area contributed by atoms with Crippen LogP contribution < -0.4 is 0 Å². The summed E-state index contributed by atoms with van der Waals surface area (Å²) >= 11 is 0. The van der Waals surface area contributed by atoms with E-state index in [0.29, 0.717) is 25.7 Å². The van der Waals surface area contributed by atoms with Crippen molar-refractivity contribution in [3.63, 3.8) is 0 Å². The quantitative estimate of drug-likeness (QED) is 0.0222. The van der Waals surface area contributed by atoms with Gasteiger partial charge in [-0.15, -0.1) is 0 Å². The number of esters is 4. The summed E-state index contributed by atoms with van der Waals surface area (Å²) < 4.78 is 68.4. The molecule has 0 aliphatic carbocycles. The third-order valence-electron chi connectivity index (χ3n) is 17.2. The van der Waals surface area contributed by atoms with Crippen molar-refractivity contribution < 1.29 is 80.2 Å². The summed E-state index contributed by atoms with van der Waals surface area (Å²) in [6.07, 6.45) is 48.5. The van der Waals surface area contributed by atoms with Gasteiger partial charge >= 0.3 is 39.5 Å². The molecule has 0 saturated carbocycles. The summed E-state index contributed by atoms with van der Waals surface area (Å²) in [5.74, 6) is 0.121. The minimum atomic E-state index is -4.96. The van der Waals surface area contributed by atoms with Gasteiger partial charge in [0.15, 0.2) is 12.2 Å². The van der Waals surface area contributed by atoms with E-state index in [0.717, 1.165) is 114 Å². The first-order valence-electron chi connectivity index (χ1n) is 37.9. The van der Waals surface area contributed by atoms with Gasteiger partial charge in [0.2, 0.25) is 0 Å². The average molecular weight is 1350 g/mol. The van der Waals surface area contributed by atoms with Crippen LogP contribution in [0.3, 0.4) is 0 Å². The number of unbranched alkanes of at least 4 members (excludes halogenated alkanes) is 38. The second-order valence-electron chi connectivity index (χ2n) is 27.5. The van der Waals surface area contributed by atoms with Gasteiger partial charge in [0.05, 0.1) is 26.4 Å². The number of aliphatic hydroxyl groups is 1. The molecule has 0 rings (SSSR count). The van der Waals surface area contributed by atoms with Crippen LogP contribution in [0, 0.1) is 17.8 Å². The van der Waals surface area contributed by atoms with Crippen molar-refractivity contribution in [1.29, 1.82) is 0 Å². The number of carbonyl (C=O) groups excluding carboxylic acids is 4. The second kappa shape index (κ2) is 63.8. The Morgan fingerprint density at radius 2 is 0.554 bits per heavy atom. The Morgan fingerprint density at radius 1 is 0.315 bits per heavy atom. The van der Waals surface area contributed by atoms with E-state index in [1.165, 1.54) is 173 Å². The highest BCUT2D eigenvalue weighted by Crippen LogP contribution is 2.45. The Balaban J connectivity index is 5.26. The van der Waals surface area contributed by atoms with Crippen molar-refractivity contribution in [2.75, 3.05) is 39.6 Å². The summed E-state index contributed by atoms with van der Waals surface area (Å²) in [6, 6.07) is 0. The van der Waals surface area contributed by atoms with E-state index in [1.54, 1.807) is 0 Å². The molecule has 0 fully saturated rings. The van der Waals surface area contributed by atoms with Gasteiger partial charge in [-0.3, -0.25) is 37.3 Å². The first kappa shape index (κ1) is 90.1. The average Bonchev–Trinajstić information content (AvgIpc) is 1.39. The number of ether oxygens (including phenoxy) is 4. The molecule has 3 N–H and O–H groups in total. The number of carbonyl (C=O) groups is 4. The highest BCUT2D eigenvalue weighted by atomic mass is 31.2. The van der Waals surface area contributed by atoms with Gasteiger partial charge in [-0.1, -0.05) is 318 Å². The minimum Gasteiger partial charge on any atom is -0.462 e. The maximum Gasteiger partial charge on any atom is 0.472 e. The van der Waals surface area contributed by atoms with Crippen LogP contribution in [-0.2, 0) is 65.4 Å². The molecule has 0 spiro atoms. The van der Waals surface area contributed by atoms with Crippen LogP contribution in [0.25, 0.3) is 0 Å². The lowest BCUT2D eigenvalue weighted by Gasteiger charge is -2.21. The molecule has 0 bridgehead atoms. The van der Waals surface area contributed by atoms with Crippen LogP contribution >= 0.6 is 15.6 Å². The Labute approximate surface area is 562 Å². The molecule has 19 heteroatoms. The first-order chi connectivity index (χ1) is 44.3. The van der Waals surface area contributed by atoms with Gasteiger partial charge in [-0.2, -0.15) is 0 Å². The lowest BCUT2D eigenvalue weighted by atomic mass is 10.00. The lowest BCUT2D eigenvalue weighted by molar-refractivity contribution is -0.161. The largest absolute Gasteiger partial charge is 0.472 e. The van der Waals surface area contributed by atoms with Crippen LogP contribution in [0.15, 0.2) is 0 Å². The highest BCUT2D eigenvalue weighted by Gasteiger charge is 2.30. The zero-order chi connectivity index (χ0) is 68.0. The normalized spacial score (nSPS) is 14.4. The molecule has 92 heavy (non-hydrogen) atoms. The van der Waals surface area contributed by atoms with E-state index < -0.39 is 97.5 Å². The van der Waals surface area contributed by atoms with Gasteiger partial charge < -0.3 is 33.8 Å². The standard InChI is InChI=1S/C73H142O17P2/c1-8-10-11-12-13-14-15-16-17-18-22-27-32-40-47-54-70(75)83-60-68(89-72(77)56-49-42-33-28-23-20-19-21-25-30-37-44-51-64(3)4)62-87-91(79,80)85-58-67(74)59-86-92(81,82)88-63-69(61-84-71(76)55-48-41-36-35-39-46-53-66(7)9-2)90-73(78)57-50-43-34-29-24-26-31-38-45-52-65(5)6/h64-69,74H,8-63H2,1-7H3,(H,79,80)(H,81,82)/t66?,67-,68-,69-/m1/s1. The van der Waals surface area contributed by atoms with Crippen LogP contribution in [0.5, 0.6) is 0 Å². The number of hydrogen-bond donors (Lipinski definition) is 3. The molecule has 0 aliphatic rings. The molecule has 0 aliphatic heterocycles. The molecule has 6 atom stereocenters. The van der Waals surface area contributed by atoms with Crippen molar-refractivity contribution in [2.24, 2.45) is 17.8 Å². The third kappa shape index (κ3) is 65.4. The van der Waals surface area contributed by atoms with Crippen molar-refractivity contribution >= 4 is 39.5 Å². The minimum absolute atomic E-state index is 0.104. The zero-order valence-electron chi connectivity index (χ0n) is 60.0. The van der Waals surface area contributed by atoms with Gasteiger partial charge in [0.1, 0.15) is 19.3 Å². The smallest absolute Gasteiger partial charge is 0.462 e. The fourth-order valence-electron chi connectivity index (χ4n) is 11.0. The molecule has 0 aromatic carbocycles. The zero-order valence-corrected chi connectivity index (χ0v) is 61.8. The number of phosphoric ester groups is 2. The van der Waals surface area contributed by atoms with Gasteiger partial charge in [0, 0.05) is 25.7 Å². The SMILES string of the molecule is CCCCCCCCCCCCCCCCCC(=O)OC[C@H](COP(=O)(O)OC[C@@H](O)COP(=O)(O)OC[C@@H](COC(=O)CCCCCCCCC(C)CC)OC(=O)CCCCCCCCCCCC(C)C)OC(=O)CCCCCCCCCCCCCCC(C)C. The lowest BCUT2D eigenvalue weighted by Crippen LogP contribution is -2.30. The summed E-state index contributed by atoms with van der Waals surface area (Å²) in [6.45, 7) is 11.8. The van der Waals surface area contributed by atoms with Crippen LogP contribution in [0.4, 0.5) is 0 Å².